The highest BCUT2D eigenvalue weighted by molar-refractivity contribution is 5.93. The number of hydrogen-bond acceptors (Lipinski definition) is 5. The molecule has 0 saturated carbocycles. The molecular weight excluding hydrogens is 266 g/mol. The van der Waals surface area contributed by atoms with Gasteiger partial charge in [0.2, 0.25) is 0 Å². The first kappa shape index (κ1) is 13.6. The van der Waals surface area contributed by atoms with Gasteiger partial charge in [-0.15, -0.1) is 0 Å². The van der Waals surface area contributed by atoms with Crippen LogP contribution in [0.3, 0.4) is 0 Å². The number of aromatic nitrogens is 3. The summed E-state index contributed by atoms with van der Waals surface area (Å²) in [5, 5.41) is 3.32. The quantitative estimate of drug-likeness (QED) is 0.889. The van der Waals surface area contributed by atoms with E-state index in [4.69, 9.17) is 0 Å². The molecule has 3 heterocycles. The number of piperazine rings is 1. The molecule has 0 aromatic carbocycles. The van der Waals surface area contributed by atoms with Crippen LogP contribution in [-0.2, 0) is 0 Å². The van der Waals surface area contributed by atoms with E-state index in [1.54, 1.807) is 24.8 Å². The van der Waals surface area contributed by atoms with E-state index in [9.17, 15) is 4.79 Å². The first-order valence-corrected chi connectivity index (χ1v) is 6.99. The van der Waals surface area contributed by atoms with Crippen molar-refractivity contribution >= 4 is 5.91 Å². The molecule has 2 aromatic rings. The van der Waals surface area contributed by atoms with Crippen LogP contribution in [0.1, 0.15) is 17.3 Å². The molecule has 0 unspecified atom stereocenters. The Morgan fingerprint density at radius 1 is 1.29 bits per heavy atom. The topological polar surface area (TPSA) is 71.0 Å². The lowest BCUT2D eigenvalue weighted by Crippen LogP contribution is -2.51. The monoisotopic (exact) mass is 283 g/mol. The first-order valence-electron chi connectivity index (χ1n) is 6.99. The second-order valence-corrected chi connectivity index (χ2v) is 5.14. The molecule has 0 aliphatic carbocycles. The van der Waals surface area contributed by atoms with Crippen LogP contribution in [0.2, 0.25) is 0 Å². The van der Waals surface area contributed by atoms with Crippen molar-refractivity contribution in [2.75, 3.05) is 19.6 Å². The fourth-order valence-corrected chi connectivity index (χ4v) is 2.39. The Morgan fingerprint density at radius 2 is 2.00 bits per heavy atom. The highest BCUT2D eigenvalue weighted by atomic mass is 16.2. The van der Waals surface area contributed by atoms with Gasteiger partial charge < -0.3 is 10.2 Å². The van der Waals surface area contributed by atoms with Crippen LogP contribution in [0.4, 0.5) is 0 Å². The Labute approximate surface area is 123 Å². The minimum atomic E-state index is -0.00960. The fourth-order valence-electron chi connectivity index (χ4n) is 2.39. The summed E-state index contributed by atoms with van der Waals surface area (Å²) in [6, 6.07) is 4.00. The van der Waals surface area contributed by atoms with Gasteiger partial charge in [0.25, 0.3) is 5.91 Å². The zero-order chi connectivity index (χ0) is 14.7. The molecule has 6 nitrogen and oxygen atoms in total. The third kappa shape index (κ3) is 3.05. The van der Waals surface area contributed by atoms with Crippen LogP contribution in [0.25, 0.3) is 11.4 Å². The van der Waals surface area contributed by atoms with Crippen molar-refractivity contribution in [1.29, 1.82) is 0 Å². The number of hydrogen-bond donors (Lipinski definition) is 1. The Hall–Kier alpha value is -2.34. The zero-order valence-electron chi connectivity index (χ0n) is 11.9. The molecule has 1 saturated heterocycles. The van der Waals surface area contributed by atoms with E-state index in [-0.39, 0.29) is 5.91 Å². The minimum Gasteiger partial charge on any atom is -0.336 e. The maximum atomic E-state index is 12.4. The molecule has 0 radical (unpaired) electrons. The van der Waals surface area contributed by atoms with Gasteiger partial charge in [-0.3, -0.25) is 9.78 Å². The van der Waals surface area contributed by atoms with Gasteiger partial charge in [0, 0.05) is 56.0 Å². The van der Waals surface area contributed by atoms with Crippen molar-refractivity contribution in [3.8, 4) is 11.4 Å². The maximum Gasteiger partial charge on any atom is 0.257 e. The van der Waals surface area contributed by atoms with Gasteiger partial charge in [-0.2, -0.15) is 0 Å². The smallest absolute Gasteiger partial charge is 0.257 e. The summed E-state index contributed by atoms with van der Waals surface area (Å²) < 4.78 is 0. The predicted octanol–water partition coefficient (Wildman–Crippen LogP) is 0.972. The van der Waals surface area contributed by atoms with E-state index < -0.39 is 0 Å². The summed E-state index contributed by atoms with van der Waals surface area (Å²) in [5.74, 6) is 0.590. The minimum absolute atomic E-state index is 0.00960. The number of carbonyl (C=O) groups is 1. The van der Waals surface area contributed by atoms with Crippen LogP contribution in [0.5, 0.6) is 0 Å². The Bertz CT molecular complexity index is 614. The van der Waals surface area contributed by atoms with Crippen molar-refractivity contribution in [3.63, 3.8) is 0 Å². The molecule has 21 heavy (non-hydrogen) atoms. The number of carbonyl (C=O) groups excluding carboxylic acids is 1. The van der Waals surface area contributed by atoms with E-state index >= 15 is 0 Å². The number of nitrogens with zero attached hydrogens (tertiary/aromatic N) is 4. The normalized spacial score (nSPS) is 18.5. The molecule has 1 aliphatic rings. The average Bonchev–Trinajstić information content (AvgIpc) is 2.55. The largest absolute Gasteiger partial charge is 0.336 e. The van der Waals surface area contributed by atoms with Crippen LogP contribution >= 0.6 is 0 Å². The molecule has 0 bridgehead atoms. The van der Waals surface area contributed by atoms with Gasteiger partial charge in [-0.25, -0.2) is 9.97 Å². The van der Waals surface area contributed by atoms with Crippen molar-refractivity contribution < 1.29 is 4.79 Å². The van der Waals surface area contributed by atoms with Crippen LogP contribution in [0.15, 0.2) is 36.9 Å². The molecule has 1 N–H and O–H groups in total. The maximum absolute atomic E-state index is 12.4. The molecule has 6 heteroatoms. The van der Waals surface area contributed by atoms with Crippen LogP contribution < -0.4 is 5.32 Å². The number of nitrogens with one attached hydrogen (secondary N) is 1. The molecule has 108 valence electrons. The van der Waals surface area contributed by atoms with E-state index in [0.717, 1.165) is 18.7 Å². The average molecular weight is 283 g/mol. The molecule has 1 aliphatic heterocycles. The van der Waals surface area contributed by atoms with Gasteiger partial charge in [-0.1, -0.05) is 0 Å². The Morgan fingerprint density at radius 3 is 2.67 bits per heavy atom. The summed E-state index contributed by atoms with van der Waals surface area (Å²) in [6.07, 6.45) is 6.58. The van der Waals surface area contributed by atoms with Crippen molar-refractivity contribution in [1.82, 2.24) is 25.2 Å². The summed E-state index contributed by atoms with van der Waals surface area (Å²) in [5.41, 5.74) is 1.42. The van der Waals surface area contributed by atoms with Crippen molar-refractivity contribution in [3.05, 3.63) is 42.5 Å². The lowest BCUT2D eigenvalue weighted by Gasteiger charge is -2.31. The predicted molar refractivity (Wildman–Crippen MR) is 78.6 cm³/mol. The first-order chi connectivity index (χ1) is 10.2. The second-order valence-electron chi connectivity index (χ2n) is 5.14. The Kier molecular flexibility index (Phi) is 3.87. The third-order valence-corrected chi connectivity index (χ3v) is 3.49. The van der Waals surface area contributed by atoms with Gasteiger partial charge in [0.1, 0.15) is 0 Å². The molecule has 3 rings (SSSR count). The van der Waals surface area contributed by atoms with E-state index in [2.05, 4.69) is 27.2 Å². The molecule has 1 fully saturated rings. The zero-order valence-corrected chi connectivity index (χ0v) is 11.9. The van der Waals surface area contributed by atoms with E-state index in [0.29, 0.717) is 24.0 Å². The second kappa shape index (κ2) is 5.97. The lowest BCUT2D eigenvalue weighted by atomic mass is 10.2. The molecule has 0 spiro atoms. The molecule has 2 aromatic heterocycles. The Balaban J connectivity index is 1.76. The number of amides is 1. The third-order valence-electron chi connectivity index (χ3n) is 3.49. The van der Waals surface area contributed by atoms with Crippen LogP contribution in [-0.4, -0.2) is 51.4 Å². The summed E-state index contributed by atoms with van der Waals surface area (Å²) in [6.45, 7) is 4.32. The summed E-state index contributed by atoms with van der Waals surface area (Å²) in [7, 11) is 0. The number of pyridine rings is 1. The molecule has 1 atom stereocenters. The van der Waals surface area contributed by atoms with E-state index in [1.165, 1.54) is 0 Å². The van der Waals surface area contributed by atoms with Gasteiger partial charge >= 0.3 is 0 Å². The summed E-state index contributed by atoms with van der Waals surface area (Å²) >= 11 is 0. The van der Waals surface area contributed by atoms with Gasteiger partial charge in [0.15, 0.2) is 5.82 Å². The lowest BCUT2D eigenvalue weighted by molar-refractivity contribution is 0.0708. The van der Waals surface area contributed by atoms with Gasteiger partial charge in [-0.05, 0) is 19.1 Å². The van der Waals surface area contributed by atoms with E-state index in [1.807, 2.05) is 17.0 Å². The van der Waals surface area contributed by atoms with Gasteiger partial charge in [0.05, 0.1) is 5.56 Å². The van der Waals surface area contributed by atoms with Crippen LogP contribution in [0, 0.1) is 0 Å². The fraction of sp³-hybridized carbons (Fsp3) is 0.333. The standard InChI is InChI=1S/C15H17N5O/c1-11-10-20(7-6-17-11)15(21)13-8-18-14(19-9-13)12-2-4-16-5-3-12/h2-5,8-9,11,17H,6-7,10H2,1H3/t11-/m1/s1. The molecule has 1 amide bonds. The SMILES string of the molecule is C[C@@H]1CN(C(=O)c2cnc(-c3ccncc3)nc2)CCN1. The summed E-state index contributed by atoms with van der Waals surface area (Å²) in [4.78, 5) is 26.8. The van der Waals surface area contributed by atoms with Crippen molar-refractivity contribution in [2.24, 2.45) is 0 Å². The highest BCUT2D eigenvalue weighted by Crippen LogP contribution is 2.13. The number of rotatable bonds is 2. The highest BCUT2D eigenvalue weighted by Gasteiger charge is 2.22. The molecular formula is C15H17N5O. The van der Waals surface area contributed by atoms with Crippen molar-refractivity contribution in [2.45, 2.75) is 13.0 Å².